The summed E-state index contributed by atoms with van der Waals surface area (Å²) in [7, 11) is 1.26. The van der Waals surface area contributed by atoms with Crippen LogP contribution in [0.4, 0.5) is 5.69 Å². The number of rotatable bonds is 6. The molecule has 4 rings (SSSR count). The highest BCUT2D eigenvalue weighted by Crippen LogP contribution is 2.43. The molecule has 33 heavy (non-hydrogen) atoms. The average molecular weight is 463 g/mol. The molecule has 0 radical (unpaired) electrons. The predicted molar refractivity (Wildman–Crippen MR) is 123 cm³/mol. The quantitative estimate of drug-likeness (QED) is 0.245. The summed E-state index contributed by atoms with van der Waals surface area (Å²) in [5.74, 6) is -0.928. The van der Waals surface area contributed by atoms with Gasteiger partial charge in [-0.25, -0.2) is 4.79 Å². The first kappa shape index (κ1) is 22.4. The number of nitrogens with one attached hydrogen (secondary N) is 1. The van der Waals surface area contributed by atoms with Crippen molar-refractivity contribution in [1.29, 1.82) is 0 Å². The maximum Gasteiger partial charge on any atom is 0.334 e. The highest BCUT2D eigenvalue weighted by Gasteiger charge is 2.49. The zero-order chi connectivity index (χ0) is 23.6. The molecule has 3 aromatic carbocycles. The van der Waals surface area contributed by atoms with E-state index in [1.807, 2.05) is 0 Å². The van der Waals surface area contributed by atoms with Gasteiger partial charge in [-0.2, -0.15) is 0 Å². The molecule has 0 amide bonds. The minimum Gasteiger partial charge on any atom is -0.467 e. The van der Waals surface area contributed by atoms with Crippen molar-refractivity contribution >= 4 is 29.0 Å². The smallest absolute Gasteiger partial charge is 0.334 e. The normalized spacial score (nSPS) is 19.6. The van der Waals surface area contributed by atoms with Crippen molar-refractivity contribution < 1.29 is 19.2 Å². The Labute approximate surface area is 194 Å². The molecule has 1 aliphatic heterocycles. The van der Waals surface area contributed by atoms with E-state index in [0.29, 0.717) is 27.3 Å². The molecule has 0 saturated heterocycles. The lowest BCUT2D eigenvalue weighted by atomic mass is 9.89. The molecule has 1 heterocycles. The fraction of sp³-hybridized carbons (Fsp3) is 0.120. The van der Waals surface area contributed by atoms with Gasteiger partial charge in [-0.15, -0.1) is 0 Å². The standard InChI is InChI=1S/C25H19ClN2O5/c1-33-24(30)25(20-9-5-6-10-21(20)26)15-19(23(29)17-7-3-2-4-8-17)22(27-25)16-11-13-18(14-12-16)28(31)32/h2-15,22,27H,1H3/t22-,25-/m0/s1. The lowest BCUT2D eigenvalue weighted by Crippen LogP contribution is -2.46. The second-order valence-electron chi connectivity index (χ2n) is 7.50. The summed E-state index contributed by atoms with van der Waals surface area (Å²) in [6.45, 7) is 0. The Bertz CT molecular complexity index is 1260. The van der Waals surface area contributed by atoms with Crippen molar-refractivity contribution in [3.05, 3.63) is 122 Å². The van der Waals surface area contributed by atoms with Gasteiger partial charge in [0.25, 0.3) is 5.69 Å². The zero-order valence-corrected chi connectivity index (χ0v) is 18.3. The Hall–Kier alpha value is -3.81. The number of ether oxygens (including phenoxy) is 1. The molecule has 0 saturated carbocycles. The predicted octanol–water partition coefficient (Wildman–Crippen LogP) is 4.77. The van der Waals surface area contributed by atoms with Gasteiger partial charge < -0.3 is 4.74 Å². The minimum atomic E-state index is -1.53. The first-order valence-corrected chi connectivity index (χ1v) is 10.4. The number of nitro benzene ring substituents is 1. The Morgan fingerprint density at radius 2 is 1.64 bits per heavy atom. The number of hydrogen-bond acceptors (Lipinski definition) is 6. The largest absolute Gasteiger partial charge is 0.467 e. The fourth-order valence-electron chi connectivity index (χ4n) is 3.99. The first-order valence-electron chi connectivity index (χ1n) is 10.1. The van der Waals surface area contributed by atoms with E-state index in [9.17, 15) is 19.7 Å². The number of esters is 1. The van der Waals surface area contributed by atoms with Crippen LogP contribution in [0.15, 0.2) is 90.5 Å². The van der Waals surface area contributed by atoms with Crippen LogP contribution in [-0.4, -0.2) is 23.8 Å². The number of nitrogens with zero attached hydrogens (tertiary/aromatic N) is 1. The Morgan fingerprint density at radius 1 is 1.00 bits per heavy atom. The molecule has 0 fully saturated rings. The summed E-state index contributed by atoms with van der Waals surface area (Å²) >= 11 is 6.45. The van der Waals surface area contributed by atoms with Gasteiger partial charge in [-0.05, 0) is 17.7 Å². The van der Waals surface area contributed by atoms with Gasteiger partial charge >= 0.3 is 5.97 Å². The van der Waals surface area contributed by atoms with Crippen LogP contribution < -0.4 is 5.32 Å². The van der Waals surface area contributed by atoms with Crippen LogP contribution in [-0.2, 0) is 15.1 Å². The van der Waals surface area contributed by atoms with E-state index in [2.05, 4.69) is 5.32 Å². The number of halogens is 1. The van der Waals surface area contributed by atoms with Gasteiger partial charge in [-0.1, -0.05) is 72.3 Å². The van der Waals surface area contributed by atoms with Crippen molar-refractivity contribution in [2.45, 2.75) is 11.6 Å². The summed E-state index contributed by atoms with van der Waals surface area (Å²) in [4.78, 5) is 37.2. The molecular weight excluding hydrogens is 444 g/mol. The molecule has 3 aromatic rings. The Kier molecular flexibility index (Phi) is 6.09. The van der Waals surface area contributed by atoms with Crippen LogP contribution in [0.1, 0.15) is 27.5 Å². The zero-order valence-electron chi connectivity index (χ0n) is 17.5. The van der Waals surface area contributed by atoms with Crippen molar-refractivity contribution in [1.82, 2.24) is 5.32 Å². The second kappa shape index (κ2) is 8.97. The van der Waals surface area contributed by atoms with Crippen LogP contribution in [0.3, 0.4) is 0 Å². The van der Waals surface area contributed by atoms with E-state index >= 15 is 0 Å². The monoisotopic (exact) mass is 462 g/mol. The number of carbonyl (C=O) groups is 2. The number of Topliss-reactive ketones (excluding diaryl/α,β-unsaturated/α-hetero) is 1. The van der Waals surface area contributed by atoms with E-state index in [-0.39, 0.29) is 11.5 Å². The number of benzene rings is 3. The third kappa shape index (κ3) is 4.04. The van der Waals surface area contributed by atoms with Crippen LogP contribution in [0, 0.1) is 10.1 Å². The van der Waals surface area contributed by atoms with Gasteiger partial charge in [-0.3, -0.25) is 20.2 Å². The van der Waals surface area contributed by atoms with Crippen molar-refractivity contribution in [3.63, 3.8) is 0 Å². The summed E-state index contributed by atoms with van der Waals surface area (Å²) < 4.78 is 5.11. The molecule has 0 aromatic heterocycles. The van der Waals surface area contributed by atoms with Crippen molar-refractivity contribution in [2.75, 3.05) is 7.11 Å². The molecule has 0 bridgehead atoms. The molecule has 2 atom stereocenters. The maximum absolute atomic E-state index is 13.5. The molecule has 8 heteroatoms. The van der Waals surface area contributed by atoms with Gasteiger partial charge in [0.05, 0.1) is 18.1 Å². The maximum atomic E-state index is 13.5. The average Bonchev–Trinajstić information content (AvgIpc) is 3.25. The number of methoxy groups -OCH3 is 1. The van der Waals surface area contributed by atoms with Gasteiger partial charge in [0, 0.05) is 33.9 Å². The Balaban J connectivity index is 1.90. The topological polar surface area (TPSA) is 98.5 Å². The number of hydrogen-bond donors (Lipinski definition) is 1. The van der Waals surface area contributed by atoms with Gasteiger partial charge in [0.2, 0.25) is 0 Å². The third-order valence-electron chi connectivity index (χ3n) is 5.60. The Morgan fingerprint density at radius 3 is 2.24 bits per heavy atom. The summed E-state index contributed by atoms with van der Waals surface area (Å²) in [6.07, 6.45) is 1.54. The number of ketones is 1. The van der Waals surface area contributed by atoms with Crippen LogP contribution >= 0.6 is 11.6 Å². The van der Waals surface area contributed by atoms with Crippen LogP contribution in [0.2, 0.25) is 5.02 Å². The molecule has 1 aliphatic rings. The number of nitro groups is 1. The van der Waals surface area contributed by atoms with E-state index < -0.39 is 22.5 Å². The van der Waals surface area contributed by atoms with E-state index in [0.717, 1.165) is 0 Å². The van der Waals surface area contributed by atoms with Gasteiger partial charge in [0.15, 0.2) is 11.3 Å². The first-order chi connectivity index (χ1) is 15.9. The van der Waals surface area contributed by atoms with Crippen molar-refractivity contribution in [2.24, 2.45) is 0 Å². The van der Waals surface area contributed by atoms with Crippen LogP contribution in [0.5, 0.6) is 0 Å². The molecule has 0 unspecified atom stereocenters. The van der Waals surface area contributed by atoms with Crippen LogP contribution in [0.25, 0.3) is 0 Å². The summed E-state index contributed by atoms with van der Waals surface area (Å²) in [5, 5.41) is 14.7. The highest BCUT2D eigenvalue weighted by atomic mass is 35.5. The molecule has 0 spiro atoms. The number of carbonyl (C=O) groups excluding carboxylic acids is 2. The lowest BCUT2D eigenvalue weighted by Gasteiger charge is -2.29. The molecular formula is C25H19ClN2O5. The summed E-state index contributed by atoms with van der Waals surface area (Å²) in [6, 6.07) is 20.6. The van der Waals surface area contributed by atoms with Gasteiger partial charge in [0.1, 0.15) is 0 Å². The molecule has 7 nitrogen and oxygen atoms in total. The highest BCUT2D eigenvalue weighted by molar-refractivity contribution is 6.31. The minimum absolute atomic E-state index is 0.0815. The third-order valence-corrected chi connectivity index (χ3v) is 5.93. The fourth-order valence-corrected chi connectivity index (χ4v) is 4.28. The molecule has 1 N–H and O–H groups in total. The van der Waals surface area contributed by atoms with Crippen molar-refractivity contribution in [3.8, 4) is 0 Å². The second-order valence-corrected chi connectivity index (χ2v) is 7.91. The SMILES string of the molecule is COC(=O)[C@@]1(c2ccccc2Cl)C=C(C(=O)c2ccccc2)[C@H](c2ccc([N+](=O)[O-])cc2)N1. The lowest BCUT2D eigenvalue weighted by molar-refractivity contribution is -0.384. The molecule has 0 aliphatic carbocycles. The number of non-ortho nitro benzene ring substituents is 1. The van der Waals surface area contributed by atoms with E-state index in [1.165, 1.54) is 19.2 Å². The van der Waals surface area contributed by atoms with E-state index in [1.54, 1.807) is 72.8 Å². The molecule has 166 valence electrons. The van der Waals surface area contributed by atoms with E-state index in [4.69, 9.17) is 16.3 Å². The summed E-state index contributed by atoms with van der Waals surface area (Å²) in [5.41, 5.74) is 0.147.